The van der Waals surface area contributed by atoms with Gasteiger partial charge in [0.15, 0.2) is 0 Å². The lowest BCUT2D eigenvalue weighted by Crippen LogP contribution is -2.38. The summed E-state index contributed by atoms with van der Waals surface area (Å²) in [6, 6.07) is 0. The van der Waals surface area contributed by atoms with Gasteiger partial charge in [0.1, 0.15) is 0 Å². The molecule has 0 fully saturated rings. The number of carbonyl (C=O) groups excluding carboxylic acids is 2. The van der Waals surface area contributed by atoms with E-state index < -0.39 is 0 Å². The third kappa shape index (κ3) is 8.59. The number of hydrogen-bond donors (Lipinski definition) is 2. The van der Waals surface area contributed by atoms with E-state index in [1.807, 2.05) is 20.8 Å². The average molecular weight is 327 g/mol. The molecule has 0 bridgehead atoms. The monoisotopic (exact) mass is 327 g/mol. The van der Waals surface area contributed by atoms with Crippen LogP contribution in [0.15, 0.2) is 11.3 Å². The van der Waals surface area contributed by atoms with Gasteiger partial charge in [-0.15, -0.1) is 0 Å². The van der Waals surface area contributed by atoms with Crippen molar-refractivity contribution >= 4 is 11.8 Å². The molecule has 0 aliphatic rings. The van der Waals surface area contributed by atoms with Crippen LogP contribution in [0.25, 0.3) is 0 Å². The molecule has 134 valence electrons. The maximum atomic E-state index is 12.3. The second-order valence-electron chi connectivity index (χ2n) is 5.66. The van der Waals surface area contributed by atoms with Gasteiger partial charge in [-0.2, -0.15) is 0 Å². The Morgan fingerprint density at radius 2 is 1.78 bits per heavy atom. The first-order valence-electron chi connectivity index (χ1n) is 8.40. The zero-order valence-electron chi connectivity index (χ0n) is 15.5. The highest BCUT2D eigenvalue weighted by Gasteiger charge is 2.18. The predicted molar refractivity (Wildman–Crippen MR) is 93.0 cm³/mol. The number of amides is 2. The van der Waals surface area contributed by atoms with Gasteiger partial charge in [0.05, 0.1) is 12.5 Å². The molecule has 0 aliphatic carbocycles. The number of ether oxygens (including phenoxy) is 1. The lowest BCUT2D eigenvalue weighted by atomic mass is 10.1. The maximum Gasteiger partial charge on any atom is 0.249 e. The lowest BCUT2D eigenvalue weighted by Gasteiger charge is -2.20. The van der Waals surface area contributed by atoms with Crippen molar-refractivity contribution in [2.75, 3.05) is 33.8 Å². The Kier molecular flexibility index (Phi) is 11.1. The molecule has 6 nitrogen and oxygen atoms in total. The second-order valence-corrected chi connectivity index (χ2v) is 5.66. The Bertz CT molecular complexity index is 406. The van der Waals surface area contributed by atoms with Crippen LogP contribution < -0.4 is 10.6 Å². The van der Waals surface area contributed by atoms with E-state index in [1.165, 1.54) is 4.90 Å². The standard InChI is InChI=1S/C17H33N3O3/c1-7-10-18-13(4)15(8-2)17(22)19-12-14(23-9-3)11-16(21)20(5)6/h14,18H,7-12H2,1-6H3,(H,19,22)/b15-13+. The van der Waals surface area contributed by atoms with Crippen LogP contribution in [-0.4, -0.2) is 56.6 Å². The summed E-state index contributed by atoms with van der Waals surface area (Å²) >= 11 is 0. The minimum absolute atomic E-state index is 0.00949. The molecule has 0 spiro atoms. The van der Waals surface area contributed by atoms with Gasteiger partial charge < -0.3 is 20.3 Å². The lowest BCUT2D eigenvalue weighted by molar-refractivity contribution is -0.132. The smallest absolute Gasteiger partial charge is 0.249 e. The van der Waals surface area contributed by atoms with Crippen molar-refractivity contribution in [1.82, 2.24) is 15.5 Å². The normalized spacial score (nSPS) is 13.1. The van der Waals surface area contributed by atoms with Crippen LogP contribution >= 0.6 is 0 Å². The molecule has 2 N–H and O–H groups in total. The molecule has 0 aliphatic heterocycles. The molecule has 0 aromatic heterocycles. The van der Waals surface area contributed by atoms with Crippen LogP contribution in [0, 0.1) is 0 Å². The zero-order chi connectivity index (χ0) is 17.8. The first kappa shape index (κ1) is 21.4. The first-order chi connectivity index (χ1) is 10.9. The molecular weight excluding hydrogens is 294 g/mol. The fraction of sp³-hybridized carbons (Fsp3) is 0.765. The van der Waals surface area contributed by atoms with E-state index >= 15 is 0 Å². The number of carbonyl (C=O) groups is 2. The van der Waals surface area contributed by atoms with Gasteiger partial charge in [-0.05, 0) is 26.7 Å². The summed E-state index contributed by atoms with van der Waals surface area (Å²) < 4.78 is 5.56. The van der Waals surface area contributed by atoms with Gasteiger partial charge in [0.25, 0.3) is 0 Å². The molecule has 0 aromatic carbocycles. The number of nitrogens with one attached hydrogen (secondary N) is 2. The first-order valence-corrected chi connectivity index (χ1v) is 8.40. The van der Waals surface area contributed by atoms with Crippen LogP contribution in [0.1, 0.15) is 47.0 Å². The fourth-order valence-corrected chi connectivity index (χ4v) is 2.13. The van der Waals surface area contributed by atoms with E-state index in [0.717, 1.165) is 24.2 Å². The van der Waals surface area contributed by atoms with Crippen LogP contribution in [0.2, 0.25) is 0 Å². The van der Waals surface area contributed by atoms with Gasteiger partial charge in [-0.1, -0.05) is 13.8 Å². The van der Waals surface area contributed by atoms with E-state index in [9.17, 15) is 9.59 Å². The molecule has 2 amide bonds. The quantitative estimate of drug-likeness (QED) is 0.566. The third-order valence-electron chi connectivity index (χ3n) is 3.51. The van der Waals surface area contributed by atoms with E-state index in [4.69, 9.17) is 4.74 Å². The zero-order valence-corrected chi connectivity index (χ0v) is 15.5. The summed E-state index contributed by atoms with van der Waals surface area (Å²) in [5, 5.41) is 6.14. The van der Waals surface area contributed by atoms with Gasteiger partial charge in [0, 0.05) is 45.1 Å². The fourth-order valence-electron chi connectivity index (χ4n) is 2.13. The number of hydrogen-bond acceptors (Lipinski definition) is 4. The van der Waals surface area contributed by atoms with Crippen molar-refractivity contribution < 1.29 is 14.3 Å². The maximum absolute atomic E-state index is 12.3. The van der Waals surface area contributed by atoms with Crippen LogP contribution in [0.4, 0.5) is 0 Å². The molecular formula is C17H33N3O3. The molecule has 1 unspecified atom stereocenters. The van der Waals surface area contributed by atoms with Gasteiger partial charge >= 0.3 is 0 Å². The molecule has 23 heavy (non-hydrogen) atoms. The number of allylic oxidation sites excluding steroid dienone is 1. The molecule has 0 heterocycles. The summed E-state index contributed by atoms with van der Waals surface area (Å²) in [5.41, 5.74) is 1.65. The van der Waals surface area contributed by atoms with Crippen molar-refractivity contribution in [1.29, 1.82) is 0 Å². The predicted octanol–water partition coefficient (Wildman–Crippen LogP) is 1.67. The van der Waals surface area contributed by atoms with Crippen molar-refractivity contribution in [3.05, 3.63) is 11.3 Å². The Morgan fingerprint density at radius 1 is 1.13 bits per heavy atom. The Labute approximate surface area is 140 Å². The van der Waals surface area contributed by atoms with Crippen LogP contribution in [-0.2, 0) is 14.3 Å². The topological polar surface area (TPSA) is 70.7 Å². The van der Waals surface area contributed by atoms with Gasteiger partial charge in [0.2, 0.25) is 11.8 Å². The molecule has 0 saturated carbocycles. The average Bonchev–Trinajstić information content (AvgIpc) is 2.51. The Balaban J connectivity index is 4.68. The minimum atomic E-state index is -0.305. The van der Waals surface area contributed by atoms with E-state index in [0.29, 0.717) is 19.6 Å². The van der Waals surface area contributed by atoms with Crippen LogP contribution in [0.5, 0.6) is 0 Å². The second kappa shape index (κ2) is 11.9. The van der Waals surface area contributed by atoms with Crippen molar-refractivity contribution in [2.45, 2.75) is 53.1 Å². The minimum Gasteiger partial charge on any atom is -0.388 e. The van der Waals surface area contributed by atoms with E-state index in [-0.39, 0.29) is 24.3 Å². The molecule has 6 heteroatoms. The van der Waals surface area contributed by atoms with E-state index in [2.05, 4.69) is 17.6 Å². The molecule has 1 atom stereocenters. The van der Waals surface area contributed by atoms with Crippen molar-refractivity contribution in [3.8, 4) is 0 Å². The Hall–Kier alpha value is -1.56. The number of nitrogens with zero attached hydrogens (tertiary/aromatic N) is 1. The summed E-state index contributed by atoms with van der Waals surface area (Å²) in [6.45, 7) is 9.53. The summed E-state index contributed by atoms with van der Waals surface area (Å²) in [4.78, 5) is 25.7. The van der Waals surface area contributed by atoms with Crippen molar-refractivity contribution in [3.63, 3.8) is 0 Å². The van der Waals surface area contributed by atoms with Gasteiger partial charge in [-0.25, -0.2) is 0 Å². The molecule has 0 saturated heterocycles. The largest absolute Gasteiger partial charge is 0.388 e. The molecule has 0 radical (unpaired) electrons. The summed E-state index contributed by atoms with van der Waals surface area (Å²) in [6.07, 6.45) is 1.62. The summed E-state index contributed by atoms with van der Waals surface area (Å²) in [7, 11) is 3.43. The third-order valence-corrected chi connectivity index (χ3v) is 3.51. The van der Waals surface area contributed by atoms with E-state index in [1.54, 1.807) is 14.1 Å². The molecule has 0 aromatic rings. The van der Waals surface area contributed by atoms with Gasteiger partial charge in [-0.3, -0.25) is 9.59 Å². The highest BCUT2D eigenvalue weighted by Crippen LogP contribution is 2.07. The number of rotatable bonds is 11. The highest BCUT2D eigenvalue weighted by molar-refractivity contribution is 5.94. The molecule has 0 rings (SSSR count). The SMILES string of the molecule is CCCN/C(C)=C(\CC)C(=O)NCC(CC(=O)N(C)C)OCC. The highest BCUT2D eigenvalue weighted by atomic mass is 16.5. The van der Waals surface area contributed by atoms with Crippen molar-refractivity contribution in [2.24, 2.45) is 0 Å². The van der Waals surface area contributed by atoms with Crippen LogP contribution in [0.3, 0.4) is 0 Å². The summed E-state index contributed by atoms with van der Waals surface area (Å²) in [5.74, 6) is -0.111. The Morgan fingerprint density at radius 3 is 2.26 bits per heavy atom.